The van der Waals surface area contributed by atoms with Crippen molar-refractivity contribution >= 4 is 11.8 Å². The molecule has 6 heteroatoms. The normalized spacial score (nSPS) is 16.0. The maximum absolute atomic E-state index is 13.3. The van der Waals surface area contributed by atoms with E-state index in [9.17, 15) is 14.7 Å². The van der Waals surface area contributed by atoms with Crippen LogP contribution in [0.2, 0.25) is 0 Å². The number of carbonyl (C=O) groups excluding carboxylic acids is 2. The summed E-state index contributed by atoms with van der Waals surface area (Å²) in [6.45, 7) is 4.09. The Morgan fingerprint density at radius 1 is 1.31 bits per heavy atom. The molecule has 0 aliphatic carbocycles. The van der Waals surface area contributed by atoms with E-state index in [2.05, 4.69) is 22.1 Å². The van der Waals surface area contributed by atoms with Gasteiger partial charge in [0.15, 0.2) is 0 Å². The summed E-state index contributed by atoms with van der Waals surface area (Å²) in [5, 5.41) is 12.7. The van der Waals surface area contributed by atoms with Crippen molar-refractivity contribution in [2.75, 3.05) is 6.54 Å². The Morgan fingerprint density at radius 2 is 2.07 bits per heavy atom. The maximum Gasteiger partial charge on any atom is 0.254 e. The number of carbonyl (C=O) groups is 2. The van der Waals surface area contributed by atoms with E-state index in [1.165, 1.54) is 0 Å². The number of benzene rings is 1. The number of hydrogen-bond donors (Lipinski definition) is 2. The number of rotatable bonds is 5. The van der Waals surface area contributed by atoms with E-state index in [0.717, 1.165) is 12.0 Å². The Morgan fingerprint density at radius 3 is 2.72 bits per heavy atom. The zero-order valence-corrected chi connectivity index (χ0v) is 16.7. The molecule has 2 aromatic rings. The van der Waals surface area contributed by atoms with Crippen LogP contribution in [0.15, 0.2) is 48.8 Å². The van der Waals surface area contributed by atoms with Gasteiger partial charge in [-0.3, -0.25) is 14.6 Å². The van der Waals surface area contributed by atoms with Gasteiger partial charge in [0, 0.05) is 49.1 Å². The Hall–Kier alpha value is -3.17. The van der Waals surface area contributed by atoms with Gasteiger partial charge in [0.1, 0.15) is 5.60 Å². The minimum atomic E-state index is -1.10. The van der Waals surface area contributed by atoms with Crippen molar-refractivity contribution in [1.29, 1.82) is 0 Å². The van der Waals surface area contributed by atoms with Crippen molar-refractivity contribution in [2.45, 2.75) is 44.9 Å². The van der Waals surface area contributed by atoms with Crippen LogP contribution in [0.1, 0.15) is 48.2 Å². The average Bonchev–Trinajstić information content (AvgIpc) is 3.10. The third-order valence-electron chi connectivity index (χ3n) is 4.56. The minimum absolute atomic E-state index is 0.0233. The molecule has 2 heterocycles. The first-order valence-electron chi connectivity index (χ1n) is 9.63. The highest BCUT2D eigenvalue weighted by Crippen LogP contribution is 2.15. The van der Waals surface area contributed by atoms with E-state index in [-0.39, 0.29) is 17.9 Å². The molecule has 1 aromatic carbocycles. The van der Waals surface area contributed by atoms with Gasteiger partial charge in [0.25, 0.3) is 5.91 Å². The summed E-state index contributed by atoms with van der Waals surface area (Å²) in [5.41, 5.74) is 1.05. The molecular formula is C23H25N3O3. The molecule has 150 valence electrons. The summed E-state index contributed by atoms with van der Waals surface area (Å²) in [4.78, 5) is 30.6. The second-order valence-corrected chi connectivity index (χ2v) is 7.73. The van der Waals surface area contributed by atoms with Crippen molar-refractivity contribution in [3.8, 4) is 11.8 Å². The monoisotopic (exact) mass is 391 g/mol. The second kappa shape index (κ2) is 8.89. The van der Waals surface area contributed by atoms with Gasteiger partial charge in [-0.05, 0) is 56.2 Å². The van der Waals surface area contributed by atoms with E-state index in [1.54, 1.807) is 55.4 Å². The van der Waals surface area contributed by atoms with Gasteiger partial charge in [-0.25, -0.2) is 0 Å². The SMILES string of the molecule is CC(C)(O)C#Cc1cccc(C(=O)N(Cc2ccncc2)C[C@@H]2CCC(=O)N2)c1. The first-order valence-corrected chi connectivity index (χ1v) is 9.63. The summed E-state index contributed by atoms with van der Waals surface area (Å²) >= 11 is 0. The molecule has 2 N–H and O–H groups in total. The van der Waals surface area contributed by atoms with E-state index in [4.69, 9.17) is 0 Å². The molecule has 3 rings (SSSR count). The Labute approximate surface area is 171 Å². The lowest BCUT2D eigenvalue weighted by Gasteiger charge is -2.26. The topological polar surface area (TPSA) is 82.5 Å². The first-order chi connectivity index (χ1) is 13.8. The molecule has 0 unspecified atom stereocenters. The smallest absolute Gasteiger partial charge is 0.254 e. The molecule has 1 fully saturated rings. The lowest BCUT2D eigenvalue weighted by atomic mass is 10.1. The quantitative estimate of drug-likeness (QED) is 0.765. The maximum atomic E-state index is 13.3. The van der Waals surface area contributed by atoms with E-state index < -0.39 is 5.60 Å². The van der Waals surface area contributed by atoms with Crippen LogP contribution in [0.5, 0.6) is 0 Å². The molecule has 0 saturated carbocycles. The number of nitrogens with one attached hydrogen (secondary N) is 1. The summed E-state index contributed by atoms with van der Waals surface area (Å²) in [7, 11) is 0. The molecule has 1 saturated heterocycles. The molecule has 1 atom stereocenters. The van der Waals surface area contributed by atoms with Gasteiger partial charge in [-0.1, -0.05) is 17.9 Å². The standard InChI is InChI=1S/C23H25N3O3/c1-23(2,29)11-8-17-4-3-5-19(14-17)22(28)26(15-18-9-12-24-13-10-18)16-20-6-7-21(27)25-20/h3-5,9-10,12-14,20,29H,6-7,15-16H2,1-2H3,(H,25,27)/t20-/m0/s1. The Kier molecular flexibility index (Phi) is 6.30. The van der Waals surface area contributed by atoms with Gasteiger partial charge >= 0.3 is 0 Å². The van der Waals surface area contributed by atoms with Crippen LogP contribution < -0.4 is 5.32 Å². The molecule has 1 aliphatic heterocycles. The predicted molar refractivity (Wildman–Crippen MR) is 110 cm³/mol. The van der Waals surface area contributed by atoms with E-state index >= 15 is 0 Å². The summed E-state index contributed by atoms with van der Waals surface area (Å²) in [5.74, 6) is 5.57. The van der Waals surface area contributed by atoms with Crippen molar-refractivity contribution in [1.82, 2.24) is 15.2 Å². The number of aliphatic hydroxyl groups is 1. The third-order valence-corrected chi connectivity index (χ3v) is 4.56. The fourth-order valence-corrected chi connectivity index (χ4v) is 3.15. The lowest BCUT2D eigenvalue weighted by molar-refractivity contribution is -0.119. The molecule has 0 spiro atoms. The fourth-order valence-electron chi connectivity index (χ4n) is 3.15. The fraction of sp³-hybridized carbons (Fsp3) is 0.348. The number of amides is 2. The number of aromatic nitrogens is 1. The van der Waals surface area contributed by atoms with Crippen LogP contribution >= 0.6 is 0 Å². The molecule has 29 heavy (non-hydrogen) atoms. The van der Waals surface area contributed by atoms with Gasteiger partial charge < -0.3 is 15.3 Å². The summed E-state index contributed by atoms with van der Waals surface area (Å²) in [6, 6.07) is 10.8. The zero-order valence-electron chi connectivity index (χ0n) is 16.7. The van der Waals surface area contributed by atoms with Crippen molar-refractivity contribution < 1.29 is 14.7 Å². The van der Waals surface area contributed by atoms with E-state index in [0.29, 0.717) is 30.6 Å². The molecular weight excluding hydrogens is 366 g/mol. The highest BCUT2D eigenvalue weighted by molar-refractivity contribution is 5.94. The van der Waals surface area contributed by atoms with Gasteiger partial charge in [-0.15, -0.1) is 0 Å². The number of hydrogen-bond acceptors (Lipinski definition) is 4. The van der Waals surface area contributed by atoms with Crippen molar-refractivity contribution in [2.24, 2.45) is 0 Å². The Bertz CT molecular complexity index is 939. The molecule has 0 bridgehead atoms. The van der Waals surface area contributed by atoms with Crippen LogP contribution in [0, 0.1) is 11.8 Å². The van der Waals surface area contributed by atoms with Gasteiger partial charge in [0.05, 0.1) is 0 Å². The molecule has 1 aliphatic rings. The average molecular weight is 391 g/mol. The van der Waals surface area contributed by atoms with Gasteiger partial charge in [0.2, 0.25) is 5.91 Å². The molecule has 0 radical (unpaired) electrons. The number of pyridine rings is 1. The predicted octanol–water partition coefficient (Wildman–Crippen LogP) is 2.12. The van der Waals surface area contributed by atoms with Crippen molar-refractivity contribution in [3.05, 3.63) is 65.5 Å². The third kappa shape index (κ3) is 6.16. The van der Waals surface area contributed by atoms with Crippen LogP contribution in [0.4, 0.5) is 0 Å². The summed E-state index contributed by atoms with van der Waals surface area (Å²) < 4.78 is 0. The largest absolute Gasteiger partial charge is 0.378 e. The van der Waals surface area contributed by atoms with Crippen LogP contribution in [-0.2, 0) is 11.3 Å². The first kappa shape index (κ1) is 20.6. The highest BCUT2D eigenvalue weighted by atomic mass is 16.3. The highest BCUT2D eigenvalue weighted by Gasteiger charge is 2.26. The van der Waals surface area contributed by atoms with Crippen LogP contribution in [-0.4, -0.2) is 45.0 Å². The number of nitrogens with zero attached hydrogens (tertiary/aromatic N) is 2. The summed E-state index contributed by atoms with van der Waals surface area (Å²) in [6.07, 6.45) is 4.60. The van der Waals surface area contributed by atoms with Crippen LogP contribution in [0.25, 0.3) is 0 Å². The van der Waals surface area contributed by atoms with Crippen LogP contribution in [0.3, 0.4) is 0 Å². The Balaban J connectivity index is 1.83. The van der Waals surface area contributed by atoms with E-state index in [1.807, 2.05) is 12.1 Å². The molecule has 2 amide bonds. The molecule has 1 aromatic heterocycles. The van der Waals surface area contributed by atoms with Gasteiger partial charge in [-0.2, -0.15) is 0 Å². The second-order valence-electron chi connectivity index (χ2n) is 7.73. The molecule has 6 nitrogen and oxygen atoms in total. The zero-order chi connectivity index (χ0) is 20.9. The lowest BCUT2D eigenvalue weighted by Crippen LogP contribution is -2.41. The minimum Gasteiger partial charge on any atom is -0.378 e. The van der Waals surface area contributed by atoms with Crippen molar-refractivity contribution in [3.63, 3.8) is 0 Å².